The summed E-state index contributed by atoms with van der Waals surface area (Å²) in [6.45, 7) is 3.03. The second-order valence-corrected chi connectivity index (χ2v) is 8.72. The molecule has 0 fully saturated rings. The van der Waals surface area contributed by atoms with Gasteiger partial charge in [0, 0.05) is 45.1 Å². The number of aryl methyl sites for hydroxylation is 1. The SMILES string of the molecule is CC(=O)OCc1cnc(C)c2oc(=O)c(-c3nc(-c4ccccc4Cl)c4cc(Cl)ccc4n3)cc12. The molecule has 7 nitrogen and oxygen atoms in total. The van der Waals surface area contributed by atoms with Crippen molar-refractivity contribution in [3.8, 4) is 22.6 Å². The normalized spacial score (nSPS) is 11.2. The van der Waals surface area contributed by atoms with Gasteiger partial charge in [-0.1, -0.05) is 41.4 Å². The molecule has 9 heteroatoms. The summed E-state index contributed by atoms with van der Waals surface area (Å²) in [7, 11) is 0. The number of fused-ring (bicyclic) bond motifs is 2. The molecule has 3 aromatic heterocycles. The maximum absolute atomic E-state index is 13.1. The quantitative estimate of drug-likeness (QED) is 0.270. The third kappa shape index (κ3) is 4.36. The Morgan fingerprint density at radius 1 is 1.03 bits per heavy atom. The lowest BCUT2D eigenvalue weighted by Crippen LogP contribution is -2.09. The summed E-state index contributed by atoms with van der Waals surface area (Å²) in [6, 6.07) is 14.1. The molecule has 0 spiro atoms. The molecule has 0 saturated carbocycles. The third-order valence-electron chi connectivity index (χ3n) is 5.50. The molecule has 0 bridgehead atoms. The Labute approximate surface area is 209 Å². The predicted octanol–water partition coefficient (Wildman–Crippen LogP) is 6.14. The van der Waals surface area contributed by atoms with Gasteiger partial charge in [-0.3, -0.25) is 9.78 Å². The lowest BCUT2D eigenvalue weighted by Gasteiger charge is -2.12. The standard InChI is InChI=1S/C26H17Cl2N3O4/c1-13-24-18(15(11-29-13)12-34-14(2)32)10-20(26(33)35-24)25-30-22-8-7-16(27)9-19(22)23(31-25)17-5-3-4-6-21(17)28/h3-11H,12H2,1-2H3. The molecule has 0 aliphatic rings. The summed E-state index contributed by atoms with van der Waals surface area (Å²) < 4.78 is 10.8. The first-order valence-corrected chi connectivity index (χ1v) is 11.4. The third-order valence-corrected chi connectivity index (χ3v) is 6.06. The van der Waals surface area contributed by atoms with Crippen molar-refractivity contribution in [1.29, 1.82) is 0 Å². The Kier molecular flexibility index (Phi) is 5.96. The van der Waals surface area contributed by atoms with E-state index in [9.17, 15) is 9.59 Å². The fraction of sp³-hybridized carbons (Fsp3) is 0.115. The maximum atomic E-state index is 13.1. The highest BCUT2D eigenvalue weighted by molar-refractivity contribution is 6.34. The van der Waals surface area contributed by atoms with Crippen molar-refractivity contribution in [2.24, 2.45) is 0 Å². The van der Waals surface area contributed by atoms with Crippen LogP contribution in [0.25, 0.3) is 44.5 Å². The fourth-order valence-electron chi connectivity index (χ4n) is 3.81. The van der Waals surface area contributed by atoms with E-state index in [2.05, 4.69) is 9.97 Å². The van der Waals surface area contributed by atoms with Crippen LogP contribution in [0, 0.1) is 6.92 Å². The molecule has 0 aliphatic carbocycles. The lowest BCUT2D eigenvalue weighted by molar-refractivity contribution is -0.142. The molecular formula is C26H17Cl2N3O4. The van der Waals surface area contributed by atoms with Gasteiger partial charge >= 0.3 is 11.6 Å². The van der Waals surface area contributed by atoms with Crippen molar-refractivity contribution in [3.63, 3.8) is 0 Å². The zero-order chi connectivity index (χ0) is 24.7. The first kappa shape index (κ1) is 23.0. The first-order chi connectivity index (χ1) is 16.8. The molecular weight excluding hydrogens is 489 g/mol. The predicted molar refractivity (Wildman–Crippen MR) is 134 cm³/mol. The number of nitrogens with zero attached hydrogens (tertiary/aromatic N) is 3. The minimum Gasteiger partial charge on any atom is -0.461 e. The number of esters is 1. The van der Waals surface area contributed by atoms with E-state index in [4.69, 9.17) is 37.3 Å². The molecule has 0 atom stereocenters. The van der Waals surface area contributed by atoms with E-state index in [-0.39, 0.29) is 18.0 Å². The van der Waals surface area contributed by atoms with Crippen LogP contribution in [0.4, 0.5) is 0 Å². The summed E-state index contributed by atoms with van der Waals surface area (Å²) >= 11 is 12.7. The Balaban J connectivity index is 1.79. The van der Waals surface area contributed by atoms with E-state index in [1.54, 1.807) is 43.5 Å². The number of pyridine rings is 1. The zero-order valence-corrected chi connectivity index (χ0v) is 20.1. The Morgan fingerprint density at radius 2 is 1.83 bits per heavy atom. The largest absolute Gasteiger partial charge is 0.461 e. The highest BCUT2D eigenvalue weighted by Gasteiger charge is 2.19. The highest BCUT2D eigenvalue weighted by atomic mass is 35.5. The van der Waals surface area contributed by atoms with Crippen molar-refractivity contribution in [3.05, 3.63) is 86.5 Å². The van der Waals surface area contributed by atoms with Crippen LogP contribution in [0.3, 0.4) is 0 Å². The molecule has 0 unspecified atom stereocenters. The van der Waals surface area contributed by atoms with E-state index in [0.29, 0.717) is 54.4 Å². The summed E-state index contributed by atoms with van der Waals surface area (Å²) in [6.07, 6.45) is 1.59. The second kappa shape index (κ2) is 9.09. The van der Waals surface area contributed by atoms with E-state index in [1.165, 1.54) is 6.92 Å². The molecule has 35 heavy (non-hydrogen) atoms. The van der Waals surface area contributed by atoms with Gasteiger partial charge in [0.15, 0.2) is 11.4 Å². The minimum absolute atomic E-state index is 0.0196. The van der Waals surface area contributed by atoms with E-state index < -0.39 is 11.6 Å². The monoisotopic (exact) mass is 505 g/mol. The van der Waals surface area contributed by atoms with Crippen molar-refractivity contribution in [2.75, 3.05) is 0 Å². The van der Waals surface area contributed by atoms with Gasteiger partial charge in [0.2, 0.25) is 0 Å². The molecule has 0 N–H and O–H groups in total. The van der Waals surface area contributed by atoms with Gasteiger partial charge in [0.25, 0.3) is 0 Å². The molecule has 5 rings (SSSR count). The van der Waals surface area contributed by atoms with Crippen LogP contribution in [-0.2, 0) is 16.1 Å². The summed E-state index contributed by atoms with van der Waals surface area (Å²) in [4.78, 5) is 38.0. The van der Waals surface area contributed by atoms with Gasteiger partial charge in [-0.2, -0.15) is 0 Å². The Bertz CT molecular complexity index is 1700. The van der Waals surface area contributed by atoms with Crippen molar-refractivity contribution >= 4 is 51.0 Å². The minimum atomic E-state index is -0.620. The maximum Gasteiger partial charge on any atom is 0.347 e. The van der Waals surface area contributed by atoms with Crippen LogP contribution >= 0.6 is 23.2 Å². The van der Waals surface area contributed by atoms with E-state index in [0.717, 1.165) is 0 Å². The molecule has 0 radical (unpaired) electrons. The number of carbonyl (C=O) groups is 1. The number of ether oxygens (including phenoxy) is 1. The van der Waals surface area contributed by atoms with E-state index in [1.807, 2.05) is 18.2 Å². The summed E-state index contributed by atoms with van der Waals surface area (Å²) in [5, 5.41) is 2.28. The number of benzene rings is 2. The van der Waals surface area contributed by atoms with Crippen LogP contribution in [-0.4, -0.2) is 20.9 Å². The first-order valence-electron chi connectivity index (χ1n) is 10.6. The number of hydrogen-bond acceptors (Lipinski definition) is 7. The average Bonchev–Trinajstić information content (AvgIpc) is 2.83. The summed E-state index contributed by atoms with van der Waals surface area (Å²) in [5.41, 5.74) is 2.74. The lowest BCUT2D eigenvalue weighted by atomic mass is 10.0. The van der Waals surface area contributed by atoms with Gasteiger partial charge in [-0.25, -0.2) is 14.8 Å². The van der Waals surface area contributed by atoms with Gasteiger partial charge < -0.3 is 9.15 Å². The molecule has 2 aromatic carbocycles. The average molecular weight is 506 g/mol. The molecule has 3 heterocycles. The molecule has 5 aromatic rings. The molecule has 0 aliphatic heterocycles. The van der Waals surface area contributed by atoms with Gasteiger partial charge in [-0.15, -0.1) is 0 Å². The number of rotatable bonds is 4. The topological polar surface area (TPSA) is 95.2 Å². The van der Waals surface area contributed by atoms with Crippen LogP contribution < -0.4 is 5.63 Å². The van der Waals surface area contributed by atoms with Gasteiger partial charge in [0.1, 0.15) is 12.2 Å². The Hall–Kier alpha value is -3.81. The van der Waals surface area contributed by atoms with Gasteiger partial charge in [-0.05, 0) is 37.3 Å². The summed E-state index contributed by atoms with van der Waals surface area (Å²) in [5.74, 6) is -0.268. The number of aromatic nitrogens is 3. The van der Waals surface area contributed by atoms with Crippen molar-refractivity contribution < 1.29 is 13.9 Å². The van der Waals surface area contributed by atoms with Crippen molar-refractivity contribution in [1.82, 2.24) is 15.0 Å². The highest BCUT2D eigenvalue weighted by Crippen LogP contribution is 2.34. The van der Waals surface area contributed by atoms with Crippen LogP contribution in [0.1, 0.15) is 18.2 Å². The Morgan fingerprint density at radius 3 is 2.60 bits per heavy atom. The molecule has 174 valence electrons. The van der Waals surface area contributed by atoms with Crippen LogP contribution in [0.5, 0.6) is 0 Å². The second-order valence-electron chi connectivity index (χ2n) is 7.88. The number of halogens is 2. The van der Waals surface area contributed by atoms with Crippen molar-refractivity contribution in [2.45, 2.75) is 20.5 Å². The van der Waals surface area contributed by atoms with E-state index >= 15 is 0 Å². The van der Waals surface area contributed by atoms with Gasteiger partial charge in [0.05, 0.1) is 16.9 Å². The molecule has 0 amide bonds. The molecule has 0 saturated heterocycles. The van der Waals surface area contributed by atoms with Crippen LogP contribution in [0.2, 0.25) is 10.0 Å². The number of hydrogen-bond donors (Lipinski definition) is 0. The number of carbonyl (C=O) groups excluding carboxylic acids is 1. The van der Waals surface area contributed by atoms with Crippen LogP contribution in [0.15, 0.2) is 63.9 Å². The fourth-order valence-corrected chi connectivity index (χ4v) is 4.21. The smallest absolute Gasteiger partial charge is 0.347 e. The zero-order valence-electron chi connectivity index (χ0n) is 18.6.